The summed E-state index contributed by atoms with van der Waals surface area (Å²) in [4.78, 5) is 37.7. The second-order valence-electron chi connectivity index (χ2n) is 5.82. The van der Waals surface area contributed by atoms with E-state index in [-0.39, 0.29) is 17.0 Å². The predicted octanol–water partition coefficient (Wildman–Crippen LogP) is 2.93. The van der Waals surface area contributed by atoms with Crippen LogP contribution in [0.4, 0.5) is 14.9 Å². The fraction of sp³-hybridized carbons (Fsp3) is 0.0500. The highest BCUT2D eigenvalue weighted by Gasteiger charge is 2.36. The lowest BCUT2D eigenvalue weighted by Crippen LogP contribution is -2.54. The molecule has 0 saturated carbocycles. The number of anilines is 1. The summed E-state index contributed by atoms with van der Waals surface area (Å²) in [6, 6.07) is 8.55. The largest absolute Gasteiger partial charge is 0.508 e. The summed E-state index contributed by atoms with van der Waals surface area (Å²) in [5.74, 6) is -2.28. The van der Waals surface area contributed by atoms with Crippen LogP contribution in [-0.2, 0) is 16.0 Å². The second-order valence-corrected chi connectivity index (χ2v) is 5.82. The summed E-state index contributed by atoms with van der Waals surface area (Å²) >= 11 is 0. The van der Waals surface area contributed by atoms with Crippen LogP contribution < -0.4 is 10.2 Å². The van der Waals surface area contributed by atoms with Crippen molar-refractivity contribution in [2.45, 2.75) is 6.42 Å². The first-order valence-corrected chi connectivity index (χ1v) is 8.00. The highest BCUT2D eigenvalue weighted by atomic mass is 19.1. The molecule has 0 radical (unpaired) electrons. The third-order valence-corrected chi connectivity index (χ3v) is 3.95. The fourth-order valence-corrected chi connectivity index (χ4v) is 2.69. The van der Waals surface area contributed by atoms with Crippen LogP contribution in [0.1, 0.15) is 11.1 Å². The number of hydrogen-bond acceptors (Lipinski definition) is 4. The quantitative estimate of drug-likeness (QED) is 0.495. The number of barbiturate groups is 1. The van der Waals surface area contributed by atoms with Crippen molar-refractivity contribution in [1.82, 2.24) is 5.32 Å². The summed E-state index contributed by atoms with van der Waals surface area (Å²) in [6.07, 6.45) is 3.31. The number of rotatable bonds is 4. The van der Waals surface area contributed by atoms with E-state index in [2.05, 4.69) is 11.9 Å². The highest BCUT2D eigenvalue weighted by Crippen LogP contribution is 2.24. The van der Waals surface area contributed by atoms with E-state index in [1.807, 2.05) is 0 Å². The zero-order valence-corrected chi connectivity index (χ0v) is 14.1. The number of imide groups is 2. The molecule has 0 bridgehead atoms. The zero-order chi connectivity index (χ0) is 19.6. The van der Waals surface area contributed by atoms with Gasteiger partial charge in [-0.3, -0.25) is 14.9 Å². The van der Waals surface area contributed by atoms with Crippen molar-refractivity contribution in [3.8, 4) is 5.75 Å². The van der Waals surface area contributed by atoms with Crippen LogP contribution in [0, 0.1) is 5.82 Å². The summed E-state index contributed by atoms with van der Waals surface area (Å²) in [6.45, 7) is 3.61. The van der Waals surface area contributed by atoms with Gasteiger partial charge in [0.25, 0.3) is 11.8 Å². The van der Waals surface area contributed by atoms with Crippen molar-refractivity contribution in [2.75, 3.05) is 4.90 Å². The van der Waals surface area contributed by atoms with Crippen molar-refractivity contribution in [3.05, 3.63) is 77.6 Å². The van der Waals surface area contributed by atoms with Crippen LogP contribution in [0.25, 0.3) is 6.08 Å². The molecule has 1 aliphatic heterocycles. The number of benzene rings is 2. The first-order valence-electron chi connectivity index (χ1n) is 8.00. The van der Waals surface area contributed by atoms with E-state index in [9.17, 15) is 23.9 Å². The van der Waals surface area contributed by atoms with Crippen molar-refractivity contribution in [3.63, 3.8) is 0 Å². The lowest BCUT2D eigenvalue weighted by molar-refractivity contribution is -0.122. The summed E-state index contributed by atoms with van der Waals surface area (Å²) in [5, 5.41) is 11.9. The first-order chi connectivity index (χ1) is 12.9. The van der Waals surface area contributed by atoms with Crippen molar-refractivity contribution in [2.24, 2.45) is 0 Å². The van der Waals surface area contributed by atoms with Crippen molar-refractivity contribution in [1.29, 1.82) is 0 Å². The van der Waals surface area contributed by atoms with Gasteiger partial charge in [0.15, 0.2) is 0 Å². The Balaban J connectivity index is 2.02. The Labute approximate surface area is 154 Å². The van der Waals surface area contributed by atoms with Crippen molar-refractivity contribution >= 4 is 29.6 Å². The molecule has 7 heteroatoms. The molecule has 27 heavy (non-hydrogen) atoms. The van der Waals surface area contributed by atoms with Crippen LogP contribution >= 0.6 is 0 Å². The zero-order valence-electron chi connectivity index (χ0n) is 14.1. The maximum Gasteiger partial charge on any atom is 0.335 e. The second kappa shape index (κ2) is 7.25. The molecule has 1 saturated heterocycles. The number of allylic oxidation sites excluding steroid dienone is 1. The number of nitrogens with one attached hydrogen (secondary N) is 1. The first kappa shape index (κ1) is 18.1. The number of halogens is 1. The third kappa shape index (κ3) is 3.62. The van der Waals surface area contributed by atoms with Gasteiger partial charge in [-0.2, -0.15) is 0 Å². The number of phenols is 1. The summed E-state index contributed by atoms with van der Waals surface area (Å²) in [5.41, 5.74) is 0.779. The molecule has 2 aromatic carbocycles. The Morgan fingerprint density at radius 2 is 1.93 bits per heavy atom. The molecule has 0 unspecified atom stereocenters. The topological polar surface area (TPSA) is 86.7 Å². The van der Waals surface area contributed by atoms with E-state index < -0.39 is 23.7 Å². The highest BCUT2D eigenvalue weighted by molar-refractivity contribution is 6.39. The normalized spacial score (nSPS) is 15.8. The minimum Gasteiger partial charge on any atom is -0.508 e. The van der Waals surface area contributed by atoms with Crippen LogP contribution in [0.5, 0.6) is 5.75 Å². The number of urea groups is 1. The minimum absolute atomic E-state index is 0.00829. The number of carbonyl (C=O) groups excluding carboxylic acids is 3. The third-order valence-electron chi connectivity index (χ3n) is 3.95. The van der Waals surface area contributed by atoms with Crippen LogP contribution in [0.2, 0.25) is 0 Å². The molecular formula is C20H15FN2O4. The van der Waals surface area contributed by atoms with Crippen LogP contribution in [-0.4, -0.2) is 23.0 Å². The smallest absolute Gasteiger partial charge is 0.335 e. The van der Waals surface area contributed by atoms with Crippen LogP contribution in [0.15, 0.2) is 60.7 Å². The molecular weight excluding hydrogens is 351 g/mol. The maximum absolute atomic E-state index is 13.5. The number of hydrogen-bond donors (Lipinski definition) is 2. The molecule has 0 aromatic heterocycles. The Bertz CT molecular complexity index is 997. The van der Waals surface area contributed by atoms with E-state index in [0.717, 1.165) is 6.07 Å². The SMILES string of the molecule is C=CCc1cc(/C=C2\C(=O)NC(=O)N(c3cccc(F)c3)C2=O)ccc1O. The Morgan fingerprint density at radius 3 is 2.63 bits per heavy atom. The molecule has 1 heterocycles. The molecule has 6 nitrogen and oxygen atoms in total. The predicted molar refractivity (Wildman–Crippen MR) is 97.4 cm³/mol. The van der Waals surface area contributed by atoms with Gasteiger partial charge in [-0.25, -0.2) is 14.1 Å². The molecule has 1 fully saturated rings. The van der Waals surface area contributed by atoms with Gasteiger partial charge >= 0.3 is 6.03 Å². The molecule has 136 valence electrons. The number of carbonyl (C=O) groups is 3. The minimum atomic E-state index is -0.953. The van der Waals surface area contributed by atoms with Gasteiger partial charge in [0.2, 0.25) is 0 Å². The Kier molecular flexibility index (Phi) is 4.85. The van der Waals surface area contributed by atoms with Crippen LogP contribution in [0.3, 0.4) is 0 Å². The molecule has 0 aliphatic carbocycles. The summed E-state index contributed by atoms with van der Waals surface area (Å²) in [7, 11) is 0. The molecule has 4 amide bonds. The van der Waals surface area contributed by atoms with E-state index in [4.69, 9.17) is 0 Å². The van der Waals surface area contributed by atoms with E-state index in [1.54, 1.807) is 12.1 Å². The number of phenolic OH excluding ortho intramolecular Hbond substituents is 1. The number of nitrogens with zero attached hydrogens (tertiary/aromatic N) is 1. The molecule has 2 aromatic rings. The van der Waals surface area contributed by atoms with E-state index in [1.165, 1.54) is 36.4 Å². The summed E-state index contributed by atoms with van der Waals surface area (Å²) < 4.78 is 13.5. The van der Waals surface area contributed by atoms with E-state index in [0.29, 0.717) is 22.4 Å². The molecule has 0 spiro atoms. The van der Waals surface area contributed by atoms with Gasteiger partial charge in [0.05, 0.1) is 5.69 Å². The lowest BCUT2D eigenvalue weighted by atomic mass is 10.0. The van der Waals surface area contributed by atoms with Gasteiger partial charge in [0.1, 0.15) is 17.1 Å². The number of amides is 4. The van der Waals surface area contributed by atoms with Gasteiger partial charge in [-0.05, 0) is 54.0 Å². The fourth-order valence-electron chi connectivity index (χ4n) is 2.69. The molecule has 0 atom stereocenters. The standard InChI is InChI=1S/C20H15FN2O4/c1-2-4-13-9-12(7-8-17(13)24)10-16-18(25)22-20(27)23(19(16)26)15-6-3-5-14(21)11-15/h2-3,5-11,24H,1,4H2,(H,22,25,27)/b16-10+. The van der Waals surface area contributed by atoms with Gasteiger partial charge in [-0.1, -0.05) is 18.2 Å². The van der Waals surface area contributed by atoms with Gasteiger partial charge in [0, 0.05) is 0 Å². The average molecular weight is 366 g/mol. The average Bonchev–Trinajstić information content (AvgIpc) is 2.61. The molecule has 2 N–H and O–H groups in total. The van der Waals surface area contributed by atoms with Gasteiger partial charge < -0.3 is 5.11 Å². The van der Waals surface area contributed by atoms with Gasteiger partial charge in [-0.15, -0.1) is 6.58 Å². The monoisotopic (exact) mass is 366 g/mol. The maximum atomic E-state index is 13.5. The number of aromatic hydroxyl groups is 1. The van der Waals surface area contributed by atoms with Crippen molar-refractivity contribution < 1.29 is 23.9 Å². The molecule has 1 aliphatic rings. The lowest BCUT2D eigenvalue weighted by Gasteiger charge is -2.26. The molecule has 3 rings (SSSR count). The Hall–Kier alpha value is -3.74. The van der Waals surface area contributed by atoms with E-state index >= 15 is 0 Å². The Morgan fingerprint density at radius 1 is 1.15 bits per heavy atom.